The second-order valence-electron chi connectivity index (χ2n) is 4.41. The fourth-order valence-corrected chi connectivity index (χ4v) is 1.66. The molecule has 1 heteroatoms. The third kappa shape index (κ3) is 4.23. The Morgan fingerprint density at radius 1 is 1.64 bits per heavy atom. The van der Waals surface area contributed by atoms with Crippen molar-refractivity contribution >= 4 is 22.6 Å². The summed E-state index contributed by atoms with van der Waals surface area (Å²) in [5, 5.41) is 0. The van der Waals surface area contributed by atoms with Gasteiger partial charge in [-0.25, -0.2) is 0 Å². The first-order valence-electron chi connectivity index (χ1n) is 5.27. The Morgan fingerprint density at radius 2 is 2.36 bits per heavy atom. The van der Waals surface area contributed by atoms with Gasteiger partial charge >= 0.3 is 0 Å². The van der Waals surface area contributed by atoms with Gasteiger partial charge in [0.2, 0.25) is 0 Å². The van der Waals surface area contributed by atoms with Gasteiger partial charge in [0.05, 0.1) is 11.0 Å². The van der Waals surface area contributed by atoms with Gasteiger partial charge in [-0.2, -0.15) is 0 Å². The van der Waals surface area contributed by atoms with Crippen molar-refractivity contribution in [2.75, 3.05) is 0 Å². The summed E-state index contributed by atoms with van der Waals surface area (Å²) in [6.45, 7) is 6.34. The van der Waals surface area contributed by atoms with E-state index in [0.29, 0.717) is 12.0 Å². The Balaban J connectivity index is 2.61. The first kappa shape index (κ1) is 10.2. The van der Waals surface area contributed by atoms with Crippen molar-refractivity contribution in [2.45, 2.75) is 27.2 Å². The fraction of sp³-hybridized carbons (Fsp3) is 0.462. The second-order valence-corrected chi connectivity index (χ2v) is 5.66. The molecule has 1 unspecified atom stereocenters. The van der Waals surface area contributed by atoms with E-state index in [1.165, 1.54) is 3.58 Å². The minimum absolute atomic E-state index is 0.0729. The smallest absolute Gasteiger partial charge is 0.0992 e. The molecule has 1 atom stereocenters. The van der Waals surface area contributed by atoms with E-state index in [4.69, 9.17) is 1.37 Å². The highest BCUT2D eigenvalue weighted by molar-refractivity contribution is 14.1. The maximum absolute atomic E-state index is 7.56. The molecule has 1 aliphatic rings. The summed E-state index contributed by atoms with van der Waals surface area (Å²) >= 11 is 2.32. The summed E-state index contributed by atoms with van der Waals surface area (Å²) in [4.78, 5) is 0. The van der Waals surface area contributed by atoms with E-state index < -0.39 is 0 Å². The van der Waals surface area contributed by atoms with Crippen molar-refractivity contribution in [1.82, 2.24) is 0 Å². The van der Waals surface area contributed by atoms with Crippen LogP contribution in [-0.4, -0.2) is 0 Å². The molecule has 1 aliphatic carbocycles. The van der Waals surface area contributed by atoms with E-state index in [0.717, 1.165) is 6.42 Å². The van der Waals surface area contributed by atoms with E-state index in [1.54, 1.807) is 0 Å². The van der Waals surface area contributed by atoms with Crippen LogP contribution in [0.2, 0.25) is 0 Å². The number of hydrogen-bond donors (Lipinski definition) is 0. The minimum atomic E-state index is 0.0729. The zero-order valence-corrected chi connectivity index (χ0v) is 11.1. The predicted octanol–water partition coefficient (Wildman–Crippen LogP) is 4.14. The first-order chi connectivity index (χ1) is 6.88. The fourth-order valence-electron chi connectivity index (χ4n) is 1.09. The topological polar surface area (TPSA) is 0 Å². The van der Waals surface area contributed by atoms with Gasteiger partial charge in [0, 0.05) is 53.0 Å². The van der Waals surface area contributed by atoms with Gasteiger partial charge in [-0.1, -0.05) is 11.8 Å². The highest BCUT2D eigenvalue weighted by Crippen LogP contribution is 2.26. The van der Waals surface area contributed by atoms with Crippen LogP contribution in [0.15, 0.2) is 21.8 Å². The van der Waals surface area contributed by atoms with Crippen LogP contribution in [0.4, 0.5) is 0 Å². The molecule has 0 amide bonds. The molecular formula is C13H16I+. The van der Waals surface area contributed by atoms with E-state index in [9.17, 15) is 0 Å². The number of halogens is 1. The van der Waals surface area contributed by atoms with Crippen molar-refractivity contribution < 1.29 is 1.37 Å². The van der Waals surface area contributed by atoms with Gasteiger partial charge in [0.1, 0.15) is 5.92 Å². The van der Waals surface area contributed by atoms with Crippen LogP contribution < -0.4 is 0 Å². The molecule has 0 radical (unpaired) electrons. The molecule has 0 aliphatic heterocycles. The molecule has 0 saturated carbocycles. The summed E-state index contributed by atoms with van der Waals surface area (Å²) < 4.78 is 8.83. The monoisotopic (exact) mass is 300 g/mol. The Kier molecular flexibility index (Phi) is 3.58. The van der Waals surface area contributed by atoms with Gasteiger partial charge in [-0.3, -0.25) is 0 Å². The van der Waals surface area contributed by atoms with Crippen LogP contribution in [0.5, 0.6) is 0 Å². The molecule has 14 heavy (non-hydrogen) atoms. The van der Waals surface area contributed by atoms with E-state index in [2.05, 4.69) is 55.2 Å². The highest BCUT2D eigenvalue weighted by Gasteiger charge is 2.17. The first-order valence-corrected chi connectivity index (χ1v) is 5.85. The van der Waals surface area contributed by atoms with E-state index in [-0.39, 0.29) is 5.41 Å². The molecule has 0 aromatic heterocycles. The molecule has 0 nitrogen and oxygen atoms in total. The lowest BCUT2D eigenvalue weighted by Gasteiger charge is -2.08. The summed E-state index contributed by atoms with van der Waals surface area (Å²) in [5.74, 6) is 6.75. The van der Waals surface area contributed by atoms with Crippen LogP contribution in [0, 0.1) is 29.6 Å². The van der Waals surface area contributed by atoms with Crippen molar-refractivity contribution in [3.8, 4) is 11.8 Å². The highest BCUT2D eigenvalue weighted by atomic mass is 127. The molecular weight excluding hydrogens is 283 g/mol. The molecule has 1 rings (SSSR count). The third-order valence-electron chi connectivity index (χ3n) is 1.78. The standard InChI is InChI=1S/C13H16I/c1-13(2,3)10-6-8-11-7-4-5-9-12(11)14/h4-5,7,9,11H,8H2,1-3H3/q+1/i4D. The van der Waals surface area contributed by atoms with Gasteiger partial charge < -0.3 is 0 Å². The Morgan fingerprint density at radius 3 is 3.00 bits per heavy atom. The van der Waals surface area contributed by atoms with Crippen molar-refractivity contribution in [2.24, 2.45) is 11.3 Å². The summed E-state index contributed by atoms with van der Waals surface area (Å²) in [6.07, 6.45) is 6.63. The van der Waals surface area contributed by atoms with E-state index >= 15 is 0 Å². The Hall–Kier alpha value is -0.360. The summed E-state index contributed by atoms with van der Waals surface area (Å²) in [6, 6.07) is 0.595. The molecule has 0 saturated heterocycles. The van der Waals surface area contributed by atoms with Crippen molar-refractivity contribution in [1.29, 1.82) is 0 Å². The molecule has 0 aromatic carbocycles. The minimum Gasteiger partial charge on any atom is -0.0992 e. The molecule has 0 fully saturated rings. The lowest BCUT2D eigenvalue weighted by atomic mass is 9.95. The molecule has 0 aromatic rings. The van der Waals surface area contributed by atoms with E-state index in [1.807, 2.05) is 18.6 Å². The average Bonchev–Trinajstić information content (AvgIpc) is 2.09. The van der Waals surface area contributed by atoms with Gasteiger partial charge in [-0.15, -0.1) is 0 Å². The third-order valence-corrected chi connectivity index (χ3v) is 2.94. The predicted molar refractivity (Wildman–Crippen MR) is 70.9 cm³/mol. The summed E-state index contributed by atoms with van der Waals surface area (Å²) in [7, 11) is 0. The van der Waals surface area contributed by atoms with Gasteiger partial charge in [-0.05, 0) is 20.8 Å². The Labute approximate surface area is 102 Å². The quantitative estimate of drug-likeness (QED) is 0.388. The zero-order valence-electron chi connectivity index (χ0n) is 9.89. The van der Waals surface area contributed by atoms with Crippen molar-refractivity contribution in [3.63, 3.8) is 0 Å². The maximum atomic E-state index is 7.56. The lowest BCUT2D eigenvalue weighted by Crippen LogP contribution is -2.01. The molecule has 74 valence electrons. The van der Waals surface area contributed by atoms with Crippen molar-refractivity contribution in [3.05, 3.63) is 28.2 Å². The lowest BCUT2D eigenvalue weighted by molar-refractivity contribution is 0.569. The number of hydrogen-bond acceptors (Lipinski definition) is 0. The summed E-state index contributed by atoms with van der Waals surface area (Å²) in [5.41, 5.74) is 0.0729. The van der Waals surface area contributed by atoms with Gasteiger partial charge in [0.15, 0.2) is 0 Å². The number of allylic oxidation sites excluding steroid dienone is 4. The Bertz CT molecular complexity index is 347. The average molecular weight is 300 g/mol. The van der Waals surface area contributed by atoms with Crippen LogP contribution in [-0.2, 0) is 0 Å². The van der Waals surface area contributed by atoms with Crippen LogP contribution >= 0.6 is 22.6 Å². The number of rotatable bonds is 1. The van der Waals surface area contributed by atoms with Crippen LogP contribution in [0.25, 0.3) is 0 Å². The molecule has 0 heterocycles. The SMILES string of the molecule is [2H]C1=CC(CC#CC(C)(C)C)C(I)=C[CH+]1. The molecule has 0 bridgehead atoms. The van der Waals surface area contributed by atoms with Crippen LogP contribution in [0.3, 0.4) is 0 Å². The molecule has 0 N–H and O–H groups in total. The molecule has 0 spiro atoms. The van der Waals surface area contributed by atoms with Gasteiger partial charge in [0.25, 0.3) is 0 Å². The zero-order chi connectivity index (χ0) is 11.5. The largest absolute Gasteiger partial charge is 0.106 e. The normalized spacial score (nSPS) is 22.3. The second kappa shape index (κ2) is 4.93. The van der Waals surface area contributed by atoms with Crippen LogP contribution in [0.1, 0.15) is 28.6 Å². The maximum Gasteiger partial charge on any atom is 0.106 e.